The second kappa shape index (κ2) is 21.3. The lowest BCUT2D eigenvalue weighted by atomic mass is 10.0. The lowest BCUT2D eigenvalue weighted by Gasteiger charge is -2.35. The van der Waals surface area contributed by atoms with Crippen LogP contribution in [0.2, 0.25) is 0 Å². The molecule has 0 spiro atoms. The maximum atomic E-state index is 14.1. The van der Waals surface area contributed by atoms with Gasteiger partial charge in [0, 0.05) is 64.4 Å². The number of hydrogen-bond donors (Lipinski definition) is 2. The minimum Gasteiger partial charge on any atom is -0.465 e. The number of carbonyl (C=O) groups excluding carboxylic acids is 4. The van der Waals surface area contributed by atoms with E-state index in [-0.39, 0.29) is 62.9 Å². The van der Waals surface area contributed by atoms with Gasteiger partial charge >= 0.3 is 26.0 Å². The van der Waals surface area contributed by atoms with Crippen molar-refractivity contribution in [3.8, 4) is 11.4 Å². The quantitative estimate of drug-likeness (QED) is 0.112. The van der Waals surface area contributed by atoms with Crippen molar-refractivity contribution in [2.75, 3.05) is 78.1 Å². The van der Waals surface area contributed by atoms with Gasteiger partial charge in [0.1, 0.15) is 17.6 Å². The van der Waals surface area contributed by atoms with Crippen LogP contribution in [-0.2, 0) is 48.5 Å². The maximum absolute atomic E-state index is 14.1. The van der Waals surface area contributed by atoms with Crippen molar-refractivity contribution in [2.24, 2.45) is 0 Å². The second-order valence-corrected chi connectivity index (χ2v) is 15.1. The van der Waals surface area contributed by atoms with Crippen molar-refractivity contribution >= 4 is 48.9 Å². The Morgan fingerprint density at radius 1 is 0.831 bits per heavy atom. The lowest BCUT2D eigenvalue weighted by molar-refractivity contribution is -0.134. The van der Waals surface area contributed by atoms with Gasteiger partial charge in [-0.3, -0.25) is 23.2 Å². The van der Waals surface area contributed by atoms with Gasteiger partial charge in [-0.05, 0) is 38.0 Å². The summed E-state index contributed by atoms with van der Waals surface area (Å²) in [6, 6.07) is 15.4. The van der Waals surface area contributed by atoms with Gasteiger partial charge in [0.25, 0.3) is 5.91 Å². The van der Waals surface area contributed by atoms with Gasteiger partial charge in [0.2, 0.25) is 19.5 Å². The molecule has 2 saturated heterocycles. The first-order valence-corrected chi connectivity index (χ1v) is 20.3. The number of rotatable bonds is 17. The number of carbonyl (C=O) groups is 5. The minimum absolute atomic E-state index is 0.0136. The maximum Gasteiger partial charge on any atom is 0.510 e. The third kappa shape index (κ3) is 12.3. The summed E-state index contributed by atoms with van der Waals surface area (Å²) in [4.78, 5) is 77.3. The van der Waals surface area contributed by atoms with Crippen LogP contribution in [0.15, 0.2) is 60.7 Å². The Hall–Kier alpha value is -5.82. The van der Waals surface area contributed by atoms with Crippen molar-refractivity contribution in [3.63, 3.8) is 0 Å². The molecule has 0 saturated carbocycles. The molecule has 0 unspecified atom stereocenters. The molecule has 318 valence electrons. The van der Waals surface area contributed by atoms with Gasteiger partial charge in [-0.2, -0.15) is 0 Å². The monoisotopic (exact) mass is 842 g/mol. The third-order valence-electron chi connectivity index (χ3n) is 9.26. The Bertz CT molecular complexity index is 1940. The molecule has 3 heterocycles. The van der Waals surface area contributed by atoms with E-state index in [0.29, 0.717) is 35.9 Å². The molecule has 0 bridgehead atoms. The van der Waals surface area contributed by atoms with E-state index >= 15 is 0 Å². The van der Waals surface area contributed by atoms with Gasteiger partial charge in [-0.15, -0.1) is 0 Å². The zero-order chi connectivity index (χ0) is 42.4. The molecule has 0 aliphatic carbocycles. The predicted molar refractivity (Wildman–Crippen MR) is 208 cm³/mol. The molecule has 20 nitrogen and oxygen atoms in total. The van der Waals surface area contributed by atoms with Crippen LogP contribution in [0.25, 0.3) is 11.4 Å². The smallest absolute Gasteiger partial charge is 0.465 e. The summed E-state index contributed by atoms with van der Waals surface area (Å²) in [5.41, 5.74) is 1.20. The van der Waals surface area contributed by atoms with E-state index in [1.54, 1.807) is 27.0 Å². The Morgan fingerprint density at radius 2 is 1.44 bits per heavy atom. The van der Waals surface area contributed by atoms with Crippen molar-refractivity contribution in [2.45, 2.75) is 38.8 Å². The molecule has 3 amide bonds. The molecule has 0 radical (unpaired) electrons. The van der Waals surface area contributed by atoms with Crippen LogP contribution in [0.1, 0.15) is 36.3 Å². The summed E-state index contributed by atoms with van der Waals surface area (Å²) in [6.07, 6.45) is -2.56. The normalized spacial score (nSPS) is 15.9. The number of nitrogens with one attached hydrogen (secondary N) is 1. The van der Waals surface area contributed by atoms with Crippen molar-refractivity contribution in [1.29, 1.82) is 0 Å². The van der Waals surface area contributed by atoms with E-state index in [1.807, 2.05) is 35.2 Å². The molecule has 21 heteroatoms. The molecular weight excluding hydrogens is 795 g/mol. The summed E-state index contributed by atoms with van der Waals surface area (Å²) in [5, 5.41) is 12.3. The van der Waals surface area contributed by atoms with Gasteiger partial charge in [-0.1, -0.05) is 42.5 Å². The van der Waals surface area contributed by atoms with Crippen LogP contribution >= 0.6 is 7.60 Å². The number of aromatic nitrogens is 2. The number of anilines is 1. The molecule has 2 aliphatic rings. The molecular formula is C38H47N6O14P. The molecule has 59 heavy (non-hydrogen) atoms. The van der Waals surface area contributed by atoms with Gasteiger partial charge < -0.3 is 48.8 Å². The van der Waals surface area contributed by atoms with E-state index in [1.165, 1.54) is 34.1 Å². The van der Waals surface area contributed by atoms with E-state index in [2.05, 4.69) is 10.3 Å². The molecule has 2 fully saturated rings. The van der Waals surface area contributed by atoms with Crippen LogP contribution < -0.4 is 15.5 Å². The Kier molecular flexibility index (Phi) is 16.0. The number of amides is 3. The fourth-order valence-corrected chi connectivity index (χ4v) is 7.44. The lowest BCUT2D eigenvalue weighted by Crippen LogP contribution is -2.56. The Labute approximate surface area is 340 Å². The third-order valence-corrected chi connectivity index (χ3v) is 11.1. The SMILES string of the molecule is CCOC(=O)OCOP(=O)(OCOC(=O)OCC)c1ccc(C[C@H](NC(=O)c2cc(N3CC[C@H](OC)C3)nc(-c3ccccc3)n2)C(=O)N2CCN(C(=O)O)CC2)cc1. The Balaban J connectivity index is 1.40. The molecule has 3 aromatic rings. The van der Waals surface area contributed by atoms with Crippen LogP contribution in [0.3, 0.4) is 0 Å². The summed E-state index contributed by atoms with van der Waals surface area (Å²) in [7, 11) is -2.69. The van der Waals surface area contributed by atoms with E-state index in [4.69, 9.17) is 37.7 Å². The molecule has 2 atom stereocenters. The summed E-state index contributed by atoms with van der Waals surface area (Å²) in [6.45, 7) is 3.06. The second-order valence-electron chi connectivity index (χ2n) is 13.0. The zero-order valence-corrected chi connectivity index (χ0v) is 33.7. The molecule has 2 N–H and O–H groups in total. The highest BCUT2D eigenvalue weighted by molar-refractivity contribution is 7.62. The van der Waals surface area contributed by atoms with E-state index in [0.717, 1.165) is 6.42 Å². The topological polar surface area (TPSA) is 235 Å². The number of carboxylic acid groups (broad SMARTS) is 1. The van der Waals surface area contributed by atoms with Crippen molar-refractivity contribution in [1.82, 2.24) is 25.1 Å². The Morgan fingerprint density at radius 3 is 2.00 bits per heavy atom. The average molecular weight is 843 g/mol. The standard InChI is InChI=1S/C38H47N6O14P/c1-4-53-37(49)55-24-57-59(51,58-25-56-38(50)54-5-2)29-13-11-26(12-14-29)21-31(35(46)42-17-19-43(20-18-42)36(47)48)40-34(45)30-22-32(44-16-15-28(23-44)52-3)41-33(39-30)27-9-7-6-8-10-27/h6-14,22,28,31H,4-5,15-21,23-25H2,1-3H3,(H,40,45)(H,47,48)/t28-,31-/m0/s1. The first-order chi connectivity index (χ1) is 28.4. The number of nitrogens with zero attached hydrogens (tertiary/aromatic N) is 5. The van der Waals surface area contributed by atoms with Crippen LogP contribution in [-0.4, -0.2) is 140 Å². The fourth-order valence-electron chi connectivity index (χ4n) is 6.17. The van der Waals surface area contributed by atoms with Crippen molar-refractivity contribution in [3.05, 3.63) is 71.9 Å². The van der Waals surface area contributed by atoms with Crippen LogP contribution in [0.5, 0.6) is 0 Å². The minimum atomic E-state index is -4.33. The summed E-state index contributed by atoms with van der Waals surface area (Å²) < 4.78 is 49.1. The number of ether oxygens (including phenoxy) is 5. The van der Waals surface area contributed by atoms with E-state index < -0.39 is 57.4 Å². The molecule has 2 aromatic carbocycles. The molecule has 2 aliphatic heterocycles. The van der Waals surface area contributed by atoms with Gasteiger partial charge in [-0.25, -0.2) is 24.4 Å². The zero-order valence-electron chi connectivity index (χ0n) is 32.9. The van der Waals surface area contributed by atoms with Crippen LogP contribution in [0, 0.1) is 0 Å². The number of piperazine rings is 1. The highest BCUT2D eigenvalue weighted by Crippen LogP contribution is 2.47. The highest BCUT2D eigenvalue weighted by atomic mass is 31.2. The van der Waals surface area contributed by atoms with E-state index in [9.17, 15) is 33.6 Å². The average Bonchev–Trinajstić information content (AvgIpc) is 3.74. The van der Waals surface area contributed by atoms with Gasteiger partial charge in [0.15, 0.2) is 5.82 Å². The first-order valence-electron chi connectivity index (χ1n) is 18.8. The summed E-state index contributed by atoms with van der Waals surface area (Å²) >= 11 is 0. The van der Waals surface area contributed by atoms with Crippen molar-refractivity contribution < 1.29 is 66.4 Å². The summed E-state index contributed by atoms with van der Waals surface area (Å²) in [5.74, 6) is -0.286. The molecule has 1 aromatic heterocycles. The largest absolute Gasteiger partial charge is 0.510 e. The number of benzene rings is 2. The number of methoxy groups -OCH3 is 1. The highest BCUT2D eigenvalue weighted by Gasteiger charge is 2.33. The number of hydrogen-bond acceptors (Lipinski definition) is 16. The van der Waals surface area contributed by atoms with Crippen LogP contribution in [0.4, 0.5) is 20.2 Å². The fraction of sp³-hybridized carbons (Fsp3) is 0.447. The van der Waals surface area contributed by atoms with Gasteiger partial charge in [0.05, 0.1) is 24.6 Å². The predicted octanol–water partition coefficient (Wildman–Crippen LogP) is 3.64. The first kappa shape index (κ1) is 44.3. The molecule has 5 rings (SSSR count).